The largest absolute Gasteiger partial charge is 0.297 e. The molecule has 2 heterocycles. The Balaban J connectivity index is 1.77. The molecule has 6 heteroatoms. The van der Waals surface area contributed by atoms with Gasteiger partial charge in [0.1, 0.15) is 5.82 Å². The van der Waals surface area contributed by atoms with Gasteiger partial charge in [-0.15, -0.1) is 0 Å². The van der Waals surface area contributed by atoms with Crippen molar-refractivity contribution in [1.29, 1.82) is 0 Å². The van der Waals surface area contributed by atoms with E-state index in [0.717, 1.165) is 25.9 Å². The summed E-state index contributed by atoms with van der Waals surface area (Å²) in [6.07, 6.45) is 4.67. The van der Waals surface area contributed by atoms with E-state index in [0.29, 0.717) is 28.9 Å². The van der Waals surface area contributed by atoms with Gasteiger partial charge in [-0.3, -0.25) is 9.47 Å². The van der Waals surface area contributed by atoms with Crippen molar-refractivity contribution in [2.45, 2.75) is 38.4 Å². The van der Waals surface area contributed by atoms with Gasteiger partial charge in [0.2, 0.25) is 0 Å². The molecular weight excluding hydrogens is 299 g/mol. The third-order valence-corrected chi connectivity index (χ3v) is 4.84. The minimum absolute atomic E-state index is 0.238. The SMILES string of the molecule is Fc1ccccc1-c1nn(CN2CCCC2)c(=S)n1C1CC1. The van der Waals surface area contributed by atoms with Gasteiger partial charge in [-0.1, -0.05) is 12.1 Å². The van der Waals surface area contributed by atoms with Crippen LogP contribution in [0.3, 0.4) is 0 Å². The van der Waals surface area contributed by atoms with Crippen LogP contribution in [0.15, 0.2) is 24.3 Å². The predicted molar refractivity (Wildman–Crippen MR) is 85.5 cm³/mol. The molecule has 4 rings (SSSR count). The van der Waals surface area contributed by atoms with E-state index < -0.39 is 0 Å². The quantitative estimate of drug-likeness (QED) is 0.806. The Labute approximate surface area is 134 Å². The molecule has 2 aromatic rings. The molecule has 116 valence electrons. The topological polar surface area (TPSA) is 26.0 Å². The zero-order valence-electron chi connectivity index (χ0n) is 12.4. The number of hydrogen-bond acceptors (Lipinski definition) is 3. The maximum atomic E-state index is 14.2. The number of nitrogens with zero attached hydrogens (tertiary/aromatic N) is 4. The maximum absolute atomic E-state index is 14.2. The highest BCUT2D eigenvalue weighted by molar-refractivity contribution is 7.71. The minimum atomic E-state index is -0.238. The first-order valence-electron chi connectivity index (χ1n) is 7.90. The Bertz CT molecular complexity index is 741. The van der Waals surface area contributed by atoms with Crippen LogP contribution in [0.4, 0.5) is 4.39 Å². The molecular formula is C16H19FN4S. The van der Waals surface area contributed by atoms with Crippen molar-refractivity contribution in [3.05, 3.63) is 34.9 Å². The van der Waals surface area contributed by atoms with Gasteiger partial charge >= 0.3 is 0 Å². The molecule has 2 fully saturated rings. The maximum Gasteiger partial charge on any atom is 0.199 e. The molecule has 1 aromatic carbocycles. The van der Waals surface area contributed by atoms with E-state index in [1.807, 2.05) is 15.3 Å². The molecule has 0 amide bonds. The van der Waals surface area contributed by atoms with E-state index in [1.165, 1.54) is 18.9 Å². The molecule has 1 saturated carbocycles. The summed E-state index contributed by atoms with van der Waals surface area (Å²) in [6.45, 7) is 2.89. The Morgan fingerprint density at radius 3 is 2.59 bits per heavy atom. The second kappa shape index (κ2) is 5.59. The fraction of sp³-hybridized carbons (Fsp3) is 0.500. The lowest BCUT2D eigenvalue weighted by Crippen LogP contribution is -2.23. The van der Waals surface area contributed by atoms with Crippen molar-refractivity contribution in [3.63, 3.8) is 0 Å². The van der Waals surface area contributed by atoms with E-state index >= 15 is 0 Å². The van der Waals surface area contributed by atoms with Crippen LogP contribution in [0.25, 0.3) is 11.4 Å². The van der Waals surface area contributed by atoms with Crippen molar-refractivity contribution in [3.8, 4) is 11.4 Å². The number of benzene rings is 1. The highest BCUT2D eigenvalue weighted by atomic mass is 32.1. The van der Waals surface area contributed by atoms with Gasteiger partial charge in [0.25, 0.3) is 0 Å². The monoisotopic (exact) mass is 318 g/mol. The van der Waals surface area contributed by atoms with E-state index in [9.17, 15) is 4.39 Å². The van der Waals surface area contributed by atoms with Gasteiger partial charge in [0, 0.05) is 6.04 Å². The molecule has 0 bridgehead atoms. The Morgan fingerprint density at radius 1 is 1.18 bits per heavy atom. The van der Waals surface area contributed by atoms with Crippen LogP contribution in [0, 0.1) is 10.6 Å². The van der Waals surface area contributed by atoms with E-state index in [1.54, 1.807) is 12.1 Å². The van der Waals surface area contributed by atoms with Gasteiger partial charge in [0.15, 0.2) is 10.6 Å². The Kier molecular flexibility index (Phi) is 3.58. The summed E-state index contributed by atoms with van der Waals surface area (Å²) in [6, 6.07) is 7.20. The van der Waals surface area contributed by atoms with Gasteiger partial charge in [0.05, 0.1) is 12.2 Å². The third-order valence-electron chi connectivity index (χ3n) is 4.43. The molecule has 4 nitrogen and oxygen atoms in total. The van der Waals surface area contributed by atoms with Gasteiger partial charge in [-0.25, -0.2) is 9.07 Å². The van der Waals surface area contributed by atoms with Crippen LogP contribution in [0.5, 0.6) is 0 Å². The zero-order chi connectivity index (χ0) is 15.1. The number of likely N-dealkylation sites (tertiary alicyclic amines) is 1. The molecule has 0 radical (unpaired) electrons. The van der Waals surface area contributed by atoms with Crippen molar-refractivity contribution in [2.24, 2.45) is 0 Å². The molecule has 1 saturated heterocycles. The summed E-state index contributed by atoms with van der Waals surface area (Å²) in [4.78, 5) is 2.35. The van der Waals surface area contributed by atoms with Crippen LogP contribution < -0.4 is 0 Å². The van der Waals surface area contributed by atoms with Crippen LogP contribution in [-0.2, 0) is 6.67 Å². The smallest absolute Gasteiger partial charge is 0.199 e. The van der Waals surface area contributed by atoms with E-state index in [2.05, 4.69) is 10.00 Å². The zero-order valence-corrected chi connectivity index (χ0v) is 13.2. The summed E-state index contributed by atoms with van der Waals surface area (Å²) in [7, 11) is 0. The molecule has 0 atom stereocenters. The number of aromatic nitrogens is 3. The molecule has 1 aromatic heterocycles. The van der Waals surface area contributed by atoms with Crippen molar-refractivity contribution in [1.82, 2.24) is 19.2 Å². The first-order valence-corrected chi connectivity index (χ1v) is 8.31. The van der Waals surface area contributed by atoms with E-state index in [-0.39, 0.29) is 5.82 Å². The van der Waals surface area contributed by atoms with Gasteiger partial charge < -0.3 is 0 Å². The van der Waals surface area contributed by atoms with E-state index in [4.69, 9.17) is 12.2 Å². The summed E-state index contributed by atoms with van der Waals surface area (Å²) in [5.74, 6) is 0.433. The molecule has 22 heavy (non-hydrogen) atoms. The molecule has 1 aliphatic carbocycles. The normalized spacial score (nSPS) is 19.0. The number of rotatable bonds is 4. The van der Waals surface area contributed by atoms with Crippen LogP contribution in [0.2, 0.25) is 0 Å². The molecule has 0 spiro atoms. The first-order chi connectivity index (χ1) is 10.7. The number of hydrogen-bond donors (Lipinski definition) is 0. The van der Waals surface area contributed by atoms with Crippen LogP contribution in [-0.4, -0.2) is 32.3 Å². The lowest BCUT2D eigenvalue weighted by molar-refractivity contribution is 0.253. The summed E-state index contributed by atoms with van der Waals surface area (Å²) >= 11 is 5.62. The van der Waals surface area contributed by atoms with Gasteiger partial charge in [-0.05, 0) is 63.1 Å². The average molecular weight is 318 g/mol. The minimum Gasteiger partial charge on any atom is -0.297 e. The molecule has 2 aliphatic rings. The average Bonchev–Trinajstić information content (AvgIpc) is 3.12. The fourth-order valence-corrected chi connectivity index (χ4v) is 3.45. The number of halogens is 1. The van der Waals surface area contributed by atoms with Crippen LogP contribution >= 0.6 is 12.2 Å². The lowest BCUT2D eigenvalue weighted by Gasteiger charge is -2.13. The molecule has 1 aliphatic heterocycles. The molecule has 0 unspecified atom stereocenters. The first kappa shape index (κ1) is 14.1. The highest BCUT2D eigenvalue weighted by Gasteiger charge is 2.30. The standard InChI is InChI=1S/C16H19FN4S/c17-14-6-2-1-5-13(14)15-18-20(11-19-9-3-4-10-19)16(22)21(15)12-7-8-12/h1-2,5-6,12H,3-4,7-11H2. The third kappa shape index (κ3) is 2.50. The highest BCUT2D eigenvalue weighted by Crippen LogP contribution is 2.39. The summed E-state index contributed by atoms with van der Waals surface area (Å²) < 4.78 is 18.8. The second-order valence-corrected chi connectivity index (χ2v) is 6.52. The lowest BCUT2D eigenvalue weighted by atomic mass is 10.2. The Morgan fingerprint density at radius 2 is 1.91 bits per heavy atom. The predicted octanol–water partition coefficient (Wildman–Crippen LogP) is 3.61. The Hall–Kier alpha value is -1.53. The summed E-state index contributed by atoms with van der Waals surface area (Å²) in [5, 5.41) is 4.66. The fourth-order valence-electron chi connectivity index (χ4n) is 3.11. The second-order valence-electron chi connectivity index (χ2n) is 6.15. The van der Waals surface area contributed by atoms with Crippen LogP contribution in [0.1, 0.15) is 31.7 Å². The van der Waals surface area contributed by atoms with Crippen molar-refractivity contribution < 1.29 is 4.39 Å². The van der Waals surface area contributed by atoms with Crippen molar-refractivity contribution >= 4 is 12.2 Å². The van der Waals surface area contributed by atoms with Crippen molar-refractivity contribution in [2.75, 3.05) is 13.1 Å². The molecule has 0 N–H and O–H groups in total. The summed E-state index contributed by atoms with van der Waals surface area (Å²) in [5.41, 5.74) is 0.542. The van der Waals surface area contributed by atoms with Gasteiger partial charge in [-0.2, -0.15) is 5.10 Å².